The van der Waals surface area contributed by atoms with Gasteiger partial charge >= 0.3 is 0 Å². The first-order valence-electron chi connectivity index (χ1n) is 9.53. The van der Waals surface area contributed by atoms with E-state index in [4.69, 9.17) is 4.74 Å². The molecule has 2 aliphatic rings. The third-order valence-corrected chi connectivity index (χ3v) is 5.48. The molecule has 3 heterocycles. The number of likely N-dealkylation sites (tertiary alicyclic amines) is 1. The lowest BCUT2D eigenvalue weighted by molar-refractivity contribution is 0.0789. The van der Waals surface area contributed by atoms with Gasteiger partial charge in [0.1, 0.15) is 0 Å². The highest BCUT2D eigenvalue weighted by molar-refractivity contribution is 5.32. The molecule has 2 fully saturated rings. The summed E-state index contributed by atoms with van der Waals surface area (Å²) < 4.78 is 5.20. The molecule has 0 aliphatic carbocycles. The number of aliphatic hydroxyl groups is 1. The quantitative estimate of drug-likeness (QED) is 0.838. The number of hydrogen-bond donors (Lipinski definition) is 1. The zero-order valence-corrected chi connectivity index (χ0v) is 15.7. The van der Waals surface area contributed by atoms with E-state index in [1.54, 1.807) is 19.4 Å². The number of aromatic nitrogens is 2. The minimum absolute atomic E-state index is 0.196. The Labute approximate surface area is 160 Å². The number of nitrogens with zero attached hydrogens (tertiary/aromatic N) is 5. The molecule has 7 heteroatoms. The SMILES string of the molecule is COc1ccnc(N2CCN(C3CN(Cc4ccccc4)CC3O)CC2)n1. The van der Waals surface area contributed by atoms with Crippen LogP contribution in [0.25, 0.3) is 0 Å². The van der Waals surface area contributed by atoms with Gasteiger partial charge in [0.2, 0.25) is 11.8 Å². The van der Waals surface area contributed by atoms with E-state index in [9.17, 15) is 5.11 Å². The van der Waals surface area contributed by atoms with E-state index in [1.165, 1.54) is 5.56 Å². The fourth-order valence-corrected chi connectivity index (χ4v) is 4.03. The van der Waals surface area contributed by atoms with E-state index in [0.29, 0.717) is 11.8 Å². The molecule has 0 bridgehead atoms. The number of hydrogen-bond acceptors (Lipinski definition) is 7. The third kappa shape index (κ3) is 4.21. The van der Waals surface area contributed by atoms with Gasteiger partial charge in [-0.3, -0.25) is 9.80 Å². The molecule has 4 rings (SSSR count). The predicted octanol–water partition coefficient (Wildman–Crippen LogP) is 0.852. The van der Waals surface area contributed by atoms with E-state index < -0.39 is 0 Å². The molecular formula is C20H27N5O2. The molecule has 27 heavy (non-hydrogen) atoms. The van der Waals surface area contributed by atoms with Gasteiger partial charge < -0.3 is 14.7 Å². The fraction of sp³-hybridized carbons (Fsp3) is 0.500. The monoisotopic (exact) mass is 369 g/mol. The third-order valence-electron chi connectivity index (χ3n) is 5.48. The summed E-state index contributed by atoms with van der Waals surface area (Å²) in [6.07, 6.45) is 1.43. The molecule has 2 atom stereocenters. The van der Waals surface area contributed by atoms with Crippen LogP contribution in [-0.4, -0.2) is 83.4 Å². The van der Waals surface area contributed by atoms with Crippen LogP contribution in [0.4, 0.5) is 5.95 Å². The molecule has 2 aliphatic heterocycles. The molecule has 144 valence electrons. The molecule has 2 unspecified atom stereocenters. The summed E-state index contributed by atoms with van der Waals surface area (Å²) in [5.74, 6) is 1.30. The van der Waals surface area contributed by atoms with E-state index in [1.807, 2.05) is 6.07 Å². The summed E-state index contributed by atoms with van der Waals surface area (Å²) in [5, 5.41) is 10.6. The Morgan fingerprint density at radius 1 is 1.07 bits per heavy atom. The minimum atomic E-state index is -0.298. The van der Waals surface area contributed by atoms with Crippen LogP contribution in [-0.2, 0) is 6.54 Å². The average Bonchev–Trinajstić information content (AvgIpc) is 3.09. The Balaban J connectivity index is 1.32. The zero-order chi connectivity index (χ0) is 18.6. The van der Waals surface area contributed by atoms with Crippen LogP contribution < -0.4 is 9.64 Å². The molecule has 1 aromatic heterocycles. The van der Waals surface area contributed by atoms with Crippen molar-refractivity contribution in [3.05, 3.63) is 48.2 Å². The van der Waals surface area contributed by atoms with Crippen molar-refractivity contribution >= 4 is 5.95 Å². The van der Waals surface area contributed by atoms with Crippen LogP contribution >= 0.6 is 0 Å². The smallest absolute Gasteiger partial charge is 0.228 e. The highest BCUT2D eigenvalue weighted by atomic mass is 16.5. The van der Waals surface area contributed by atoms with Crippen molar-refractivity contribution in [2.45, 2.75) is 18.7 Å². The van der Waals surface area contributed by atoms with Gasteiger partial charge in [0.05, 0.1) is 13.2 Å². The highest BCUT2D eigenvalue weighted by Gasteiger charge is 2.36. The molecule has 0 radical (unpaired) electrons. The molecule has 1 N–H and O–H groups in total. The molecule has 0 spiro atoms. The van der Waals surface area contributed by atoms with Gasteiger partial charge in [0.25, 0.3) is 0 Å². The summed E-state index contributed by atoms with van der Waals surface area (Å²) in [6.45, 7) is 6.06. The topological polar surface area (TPSA) is 65.0 Å². The second-order valence-corrected chi connectivity index (χ2v) is 7.24. The summed E-state index contributed by atoms with van der Waals surface area (Å²) in [7, 11) is 1.62. The summed E-state index contributed by atoms with van der Waals surface area (Å²) in [5.41, 5.74) is 1.30. The van der Waals surface area contributed by atoms with Crippen molar-refractivity contribution in [3.8, 4) is 5.88 Å². The van der Waals surface area contributed by atoms with Gasteiger partial charge in [-0.2, -0.15) is 4.98 Å². The number of aliphatic hydroxyl groups excluding tert-OH is 1. The Hall–Kier alpha value is -2.22. The number of piperazine rings is 1. The first-order chi connectivity index (χ1) is 13.2. The van der Waals surface area contributed by atoms with Gasteiger partial charge in [-0.05, 0) is 5.56 Å². The van der Waals surface area contributed by atoms with Gasteiger partial charge in [-0.25, -0.2) is 4.98 Å². The summed E-state index contributed by atoms with van der Waals surface area (Å²) in [4.78, 5) is 15.7. The summed E-state index contributed by atoms with van der Waals surface area (Å²) >= 11 is 0. The van der Waals surface area contributed by atoms with Crippen LogP contribution in [0, 0.1) is 0 Å². The Morgan fingerprint density at radius 3 is 2.59 bits per heavy atom. The van der Waals surface area contributed by atoms with Crippen molar-refractivity contribution in [1.29, 1.82) is 0 Å². The number of rotatable bonds is 5. The molecule has 1 aromatic carbocycles. The van der Waals surface area contributed by atoms with E-state index in [-0.39, 0.29) is 12.1 Å². The van der Waals surface area contributed by atoms with Crippen molar-refractivity contribution in [2.24, 2.45) is 0 Å². The van der Waals surface area contributed by atoms with E-state index >= 15 is 0 Å². The van der Waals surface area contributed by atoms with Gasteiger partial charge in [0.15, 0.2) is 0 Å². The standard InChI is InChI=1S/C20H27N5O2/c1-27-19-7-8-21-20(22-19)25-11-9-24(10-12-25)17-14-23(15-18(17)26)13-16-5-3-2-4-6-16/h2-8,17-18,26H,9-15H2,1H3. The number of benzene rings is 1. The second-order valence-electron chi connectivity index (χ2n) is 7.24. The maximum absolute atomic E-state index is 10.6. The molecule has 2 saturated heterocycles. The van der Waals surface area contributed by atoms with E-state index in [2.05, 4.69) is 48.9 Å². The van der Waals surface area contributed by atoms with Crippen LogP contribution in [0.3, 0.4) is 0 Å². The minimum Gasteiger partial charge on any atom is -0.481 e. The van der Waals surface area contributed by atoms with Crippen molar-refractivity contribution in [1.82, 2.24) is 19.8 Å². The zero-order valence-electron chi connectivity index (χ0n) is 15.7. The van der Waals surface area contributed by atoms with Crippen molar-refractivity contribution < 1.29 is 9.84 Å². The van der Waals surface area contributed by atoms with Crippen LogP contribution in [0.2, 0.25) is 0 Å². The molecule has 0 saturated carbocycles. The van der Waals surface area contributed by atoms with Gasteiger partial charge in [-0.15, -0.1) is 0 Å². The first kappa shape index (κ1) is 18.2. The molecular weight excluding hydrogens is 342 g/mol. The lowest BCUT2D eigenvalue weighted by atomic mass is 10.1. The number of anilines is 1. The second kappa shape index (κ2) is 8.21. The number of ether oxygens (including phenoxy) is 1. The highest BCUT2D eigenvalue weighted by Crippen LogP contribution is 2.21. The maximum atomic E-state index is 10.6. The molecule has 0 amide bonds. The fourth-order valence-electron chi connectivity index (χ4n) is 4.03. The van der Waals surface area contributed by atoms with Crippen LogP contribution in [0.15, 0.2) is 42.6 Å². The number of β-amino-alcohol motifs (C(OH)–C–C–N with tert-alkyl or cyclic N) is 1. The molecule has 2 aromatic rings. The Morgan fingerprint density at radius 2 is 1.85 bits per heavy atom. The normalized spacial score (nSPS) is 24.3. The van der Waals surface area contributed by atoms with Crippen molar-refractivity contribution in [2.75, 3.05) is 51.3 Å². The van der Waals surface area contributed by atoms with Crippen LogP contribution in [0.1, 0.15) is 5.56 Å². The van der Waals surface area contributed by atoms with E-state index in [0.717, 1.165) is 45.8 Å². The summed E-state index contributed by atoms with van der Waals surface area (Å²) in [6, 6.07) is 12.4. The number of methoxy groups -OCH3 is 1. The van der Waals surface area contributed by atoms with Crippen LogP contribution in [0.5, 0.6) is 5.88 Å². The molecule has 7 nitrogen and oxygen atoms in total. The van der Waals surface area contributed by atoms with Crippen molar-refractivity contribution in [3.63, 3.8) is 0 Å². The first-order valence-corrected chi connectivity index (χ1v) is 9.53. The lowest BCUT2D eigenvalue weighted by Gasteiger charge is -2.38. The lowest BCUT2D eigenvalue weighted by Crippen LogP contribution is -2.54. The Bertz CT molecular complexity index is 736. The predicted molar refractivity (Wildman–Crippen MR) is 104 cm³/mol. The average molecular weight is 369 g/mol. The van der Waals surface area contributed by atoms with Gasteiger partial charge in [0, 0.05) is 64.1 Å². The largest absolute Gasteiger partial charge is 0.481 e. The Kier molecular flexibility index (Phi) is 5.52. The van der Waals surface area contributed by atoms with Gasteiger partial charge in [-0.1, -0.05) is 30.3 Å². The maximum Gasteiger partial charge on any atom is 0.228 e.